The van der Waals surface area contributed by atoms with E-state index in [1.165, 1.54) is 31.4 Å². The lowest BCUT2D eigenvalue weighted by Crippen LogP contribution is -2.49. The molecule has 1 aromatic heterocycles. The summed E-state index contributed by atoms with van der Waals surface area (Å²) in [6.07, 6.45) is 9.54. The van der Waals surface area contributed by atoms with Gasteiger partial charge in [0.05, 0.1) is 11.9 Å². The number of anilines is 1. The van der Waals surface area contributed by atoms with E-state index >= 15 is 0 Å². The quantitative estimate of drug-likeness (QED) is 0.885. The van der Waals surface area contributed by atoms with Crippen molar-refractivity contribution in [3.63, 3.8) is 0 Å². The summed E-state index contributed by atoms with van der Waals surface area (Å²) in [6, 6.07) is 2.18. The number of fused-ring (bicyclic) bond motifs is 2. The van der Waals surface area contributed by atoms with Gasteiger partial charge < -0.3 is 10.2 Å². The molecule has 3 heterocycles. The summed E-state index contributed by atoms with van der Waals surface area (Å²) in [5.41, 5.74) is 1.33. The van der Waals surface area contributed by atoms with Crippen LogP contribution in [0.3, 0.4) is 0 Å². The van der Waals surface area contributed by atoms with Crippen LogP contribution in [0.4, 0.5) is 5.69 Å². The number of hydrogen-bond donors (Lipinski definition) is 1. The van der Waals surface area contributed by atoms with Crippen molar-refractivity contribution in [2.75, 3.05) is 11.4 Å². The summed E-state index contributed by atoms with van der Waals surface area (Å²) in [5, 5.41) is 8.05. The van der Waals surface area contributed by atoms with Crippen molar-refractivity contribution < 1.29 is 0 Å². The second-order valence-electron chi connectivity index (χ2n) is 5.57. The number of aryl methyl sites for hydroxylation is 1. The molecule has 18 heavy (non-hydrogen) atoms. The van der Waals surface area contributed by atoms with E-state index in [0.717, 1.165) is 31.2 Å². The molecule has 0 amide bonds. The maximum Gasteiger partial charge on any atom is 0.0757 e. The van der Waals surface area contributed by atoms with Gasteiger partial charge in [-0.15, -0.1) is 0 Å². The Morgan fingerprint density at radius 1 is 1.28 bits per heavy atom. The van der Waals surface area contributed by atoms with E-state index < -0.39 is 0 Å². The number of nitrogens with zero attached hydrogens (tertiary/aromatic N) is 3. The third kappa shape index (κ3) is 2.03. The van der Waals surface area contributed by atoms with Crippen LogP contribution in [0.1, 0.15) is 39.5 Å². The molecule has 4 nitrogen and oxygen atoms in total. The van der Waals surface area contributed by atoms with Crippen LogP contribution in [0.5, 0.6) is 0 Å². The van der Waals surface area contributed by atoms with E-state index in [1.807, 2.05) is 10.9 Å². The van der Waals surface area contributed by atoms with E-state index in [-0.39, 0.29) is 0 Å². The predicted octanol–water partition coefficient (Wildman–Crippen LogP) is 2.01. The van der Waals surface area contributed by atoms with Crippen LogP contribution in [0.15, 0.2) is 12.4 Å². The molecule has 2 fully saturated rings. The predicted molar refractivity (Wildman–Crippen MR) is 73.9 cm³/mol. The molecule has 2 saturated heterocycles. The second kappa shape index (κ2) is 4.92. The van der Waals surface area contributed by atoms with Crippen LogP contribution in [0.25, 0.3) is 0 Å². The highest BCUT2D eigenvalue weighted by molar-refractivity contribution is 5.47. The molecule has 2 aliphatic heterocycles. The van der Waals surface area contributed by atoms with Gasteiger partial charge in [0.1, 0.15) is 0 Å². The van der Waals surface area contributed by atoms with Gasteiger partial charge in [-0.05, 0) is 39.2 Å². The molecule has 0 radical (unpaired) electrons. The molecule has 1 aromatic rings. The summed E-state index contributed by atoms with van der Waals surface area (Å²) in [6.45, 7) is 6.41. The second-order valence-corrected chi connectivity index (χ2v) is 5.57. The van der Waals surface area contributed by atoms with E-state index in [0.29, 0.717) is 0 Å². The Hall–Kier alpha value is -1.03. The number of nitrogens with one attached hydrogen (secondary N) is 1. The first-order valence-electron chi connectivity index (χ1n) is 7.36. The molecule has 0 aromatic carbocycles. The smallest absolute Gasteiger partial charge is 0.0757 e. The van der Waals surface area contributed by atoms with Crippen molar-refractivity contribution in [3.05, 3.63) is 12.4 Å². The highest BCUT2D eigenvalue weighted by Gasteiger charge is 2.40. The summed E-state index contributed by atoms with van der Waals surface area (Å²) in [5.74, 6) is 0. The fourth-order valence-electron chi connectivity index (χ4n) is 3.71. The maximum absolute atomic E-state index is 4.42. The Bertz CT molecular complexity index is 386. The Labute approximate surface area is 109 Å². The molecule has 3 rings (SSSR count). The standard InChI is InChI=1S/C14H24N4/c1-3-15-11-7-12-5-6-13(8-11)18(12)14-9-16-17(4-2)10-14/h9-13,15H,3-8H2,1-2H3. The molecule has 0 saturated carbocycles. The lowest BCUT2D eigenvalue weighted by Gasteiger charge is -2.40. The topological polar surface area (TPSA) is 33.1 Å². The Morgan fingerprint density at radius 3 is 2.56 bits per heavy atom. The van der Waals surface area contributed by atoms with Gasteiger partial charge in [-0.25, -0.2) is 0 Å². The molecular weight excluding hydrogens is 224 g/mol. The van der Waals surface area contributed by atoms with Crippen molar-refractivity contribution in [2.24, 2.45) is 0 Å². The first-order chi connectivity index (χ1) is 8.81. The lowest BCUT2D eigenvalue weighted by molar-refractivity contribution is 0.361. The van der Waals surface area contributed by atoms with Gasteiger partial charge in [0.25, 0.3) is 0 Å². The van der Waals surface area contributed by atoms with Crippen molar-refractivity contribution in [1.82, 2.24) is 15.1 Å². The largest absolute Gasteiger partial charge is 0.363 e. The molecule has 2 bridgehead atoms. The molecule has 2 aliphatic rings. The third-order valence-corrected chi connectivity index (χ3v) is 4.47. The molecule has 4 heteroatoms. The number of aromatic nitrogens is 2. The SMILES string of the molecule is CCNC1CC2CCC(C1)N2c1cnn(CC)c1. The Morgan fingerprint density at radius 2 is 2.00 bits per heavy atom. The van der Waals surface area contributed by atoms with Crippen LogP contribution in [0, 0.1) is 0 Å². The summed E-state index contributed by atoms with van der Waals surface area (Å²) in [4.78, 5) is 2.63. The fourth-order valence-corrected chi connectivity index (χ4v) is 3.71. The van der Waals surface area contributed by atoms with E-state index in [1.54, 1.807) is 0 Å². The minimum absolute atomic E-state index is 0.724. The molecule has 2 unspecified atom stereocenters. The van der Waals surface area contributed by atoms with Crippen LogP contribution >= 0.6 is 0 Å². The van der Waals surface area contributed by atoms with Crippen molar-refractivity contribution in [2.45, 2.75) is 64.2 Å². The van der Waals surface area contributed by atoms with E-state index in [4.69, 9.17) is 0 Å². The van der Waals surface area contributed by atoms with Gasteiger partial charge in [-0.1, -0.05) is 6.92 Å². The zero-order chi connectivity index (χ0) is 12.5. The summed E-state index contributed by atoms with van der Waals surface area (Å²) in [7, 11) is 0. The number of hydrogen-bond acceptors (Lipinski definition) is 3. The normalized spacial score (nSPS) is 31.0. The van der Waals surface area contributed by atoms with Gasteiger partial charge in [-0.3, -0.25) is 4.68 Å². The average Bonchev–Trinajstić information content (AvgIpc) is 2.92. The van der Waals surface area contributed by atoms with Crippen LogP contribution in [-0.2, 0) is 6.54 Å². The number of piperidine rings is 1. The first-order valence-corrected chi connectivity index (χ1v) is 7.36. The fraction of sp³-hybridized carbons (Fsp3) is 0.786. The third-order valence-electron chi connectivity index (χ3n) is 4.47. The first kappa shape index (κ1) is 12.0. The highest BCUT2D eigenvalue weighted by Crippen LogP contribution is 2.39. The molecule has 2 atom stereocenters. The van der Waals surface area contributed by atoms with Gasteiger partial charge in [0, 0.05) is 30.9 Å². The zero-order valence-electron chi connectivity index (χ0n) is 11.5. The monoisotopic (exact) mass is 248 g/mol. The number of rotatable bonds is 4. The van der Waals surface area contributed by atoms with Crippen LogP contribution < -0.4 is 10.2 Å². The maximum atomic E-state index is 4.42. The van der Waals surface area contributed by atoms with Gasteiger partial charge >= 0.3 is 0 Å². The van der Waals surface area contributed by atoms with Crippen LogP contribution in [0.2, 0.25) is 0 Å². The van der Waals surface area contributed by atoms with Crippen LogP contribution in [-0.4, -0.2) is 34.5 Å². The highest BCUT2D eigenvalue weighted by atomic mass is 15.3. The minimum Gasteiger partial charge on any atom is -0.363 e. The van der Waals surface area contributed by atoms with Gasteiger partial charge in [0.2, 0.25) is 0 Å². The Kier molecular flexibility index (Phi) is 3.29. The molecule has 0 aliphatic carbocycles. The van der Waals surface area contributed by atoms with E-state index in [2.05, 4.69) is 35.4 Å². The minimum atomic E-state index is 0.724. The average molecular weight is 248 g/mol. The van der Waals surface area contributed by atoms with E-state index in [9.17, 15) is 0 Å². The summed E-state index contributed by atoms with van der Waals surface area (Å²) >= 11 is 0. The van der Waals surface area contributed by atoms with Crippen molar-refractivity contribution in [3.8, 4) is 0 Å². The zero-order valence-corrected chi connectivity index (χ0v) is 11.5. The molecular formula is C14H24N4. The van der Waals surface area contributed by atoms with Gasteiger partial charge in [0.15, 0.2) is 0 Å². The molecule has 0 spiro atoms. The molecule has 1 N–H and O–H groups in total. The molecule has 100 valence electrons. The van der Waals surface area contributed by atoms with Crippen molar-refractivity contribution >= 4 is 5.69 Å². The Balaban J connectivity index is 1.75. The lowest BCUT2D eigenvalue weighted by atomic mass is 9.97. The van der Waals surface area contributed by atoms with Crippen molar-refractivity contribution in [1.29, 1.82) is 0 Å². The summed E-state index contributed by atoms with van der Waals surface area (Å²) < 4.78 is 2.03. The van der Waals surface area contributed by atoms with Gasteiger partial charge in [-0.2, -0.15) is 5.10 Å².